The number of rotatable bonds is 16. The maximum atomic E-state index is 13.1. The van der Waals surface area contributed by atoms with Crippen LogP contribution in [0.15, 0.2) is 79.0 Å². The van der Waals surface area contributed by atoms with Crippen molar-refractivity contribution in [3.63, 3.8) is 0 Å². The van der Waals surface area contributed by atoms with Crippen LogP contribution in [0.25, 0.3) is 11.1 Å². The molecule has 2 atom stereocenters. The van der Waals surface area contributed by atoms with Crippen molar-refractivity contribution in [2.24, 2.45) is 0 Å². The highest BCUT2D eigenvalue weighted by atomic mass is 19.4. The van der Waals surface area contributed by atoms with Gasteiger partial charge in [-0.1, -0.05) is 60.7 Å². The van der Waals surface area contributed by atoms with Crippen LogP contribution in [-0.4, -0.2) is 68.8 Å². The Hall–Kier alpha value is -5.47. The Morgan fingerprint density at radius 1 is 0.745 bits per heavy atom. The molecule has 252 valence electrons. The number of halogens is 3. The van der Waals surface area contributed by atoms with E-state index in [4.69, 9.17) is 15.0 Å². The summed E-state index contributed by atoms with van der Waals surface area (Å²) in [5.74, 6) is -5.25. The topological polar surface area (TPSA) is 195 Å². The molecular formula is C32H35F3N4O8. The number of nitrogens with one attached hydrogen (secondary N) is 3. The van der Waals surface area contributed by atoms with Gasteiger partial charge in [0.25, 0.3) is 0 Å². The molecule has 1 unspecified atom stereocenters. The van der Waals surface area contributed by atoms with Crippen molar-refractivity contribution in [2.75, 3.05) is 11.9 Å². The van der Waals surface area contributed by atoms with E-state index in [0.717, 1.165) is 16.9 Å². The van der Waals surface area contributed by atoms with Gasteiger partial charge < -0.3 is 31.3 Å². The number of aromatic nitrogens is 1. The number of carboxylic acids is 3. The first kappa shape index (κ1) is 37.7. The number of nitrogens with zero attached hydrogens (tertiary/aromatic N) is 1. The number of amides is 2. The third-order valence-corrected chi connectivity index (χ3v) is 6.46. The van der Waals surface area contributed by atoms with Crippen LogP contribution in [-0.2, 0) is 24.0 Å². The third-order valence-electron chi connectivity index (χ3n) is 6.46. The van der Waals surface area contributed by atoms with Gasteiger partial charge in [-0.25, -0.2) is 9.78 Å². The molecule has 0 fully saturated rings. The zero-order chi connectivity index (χ0) is 34.8. The van der Waals surface area contributed by atoms with E-state index in [1.807, 2.05) is 60.7 Å². The minimum atomic E-state index is -5.08. The lowest BCUT2D eigenvalue weighted by molar-refractivity contribution is -0.192. The summed E-state index contributed by atoms with van der Waals surface area (Å²) in [6, 6.07) is 20.4. The maximum Gasteiger partial charge on any atom is 0.490 e. The molecule has 0 aliphatic heterocycles. The van der Waals surface area contributed by atoms with Gasteiger partial charge >= 0.3 is 24.1 Å². The number of hydrogen-bond donors (Lipinski definition) is 6. The first-order valence-electron chi connectivity index (χ1n) is 14.4. The maximum absolute atomic E-state index is 13.1. The molecule has 3 rings (SSSR count). The molecule has 12 nitrogen and oxygen atoms in total. The van der Waals surface area contributed by atoms with Crippen molar-refractivity contribution in [2.45, 2.75) is 56.8 Å². The summed E-state index contributed by atoms with van der Waals surface area (Å²) in [5.41, 5.74) is 2.52. The summed E-state index contributed by atoms with van der Waals surface area (Å²) < 4.78 is 31.7. The Balaban J connectivity index is 0.000000984. The van der Waals surface area contributed by atoms with E-state index in [2.05, 4.69) is 20.9 Å². The van der Waals surface area contributed by atoms with Crippen LogP contribution in [0.5, 0.6) is 0 Å². The lowest BCUT2D eigenvalue weighted by atomic mass is 9.98. The van der Waals surface area contributed by atoms with E-state index < -0.39 is 42.1 Å². The van der Waals surface area contributed by atoms with Gasteiger partial charge in [-0.15, -0.1) is 0 Å². The number of pyridine rings is 1. The van der Waals surface area contributed by atoms with E-state index in [9.17, 15) is 37.5 Å². The van der Waals surface area contributed by atoms with Crippen LogP contribution < -0.4 is 16.0 Å². The van der Waals surface area contributed by atoms with Gasteiger partial charge in [0.1, 0.15) is 11.9 Å². The minimum absolute atomic E-state index is 0.124. The minimum Gasteiger partial charge on any atom is -0.481 e. The predicted molar refractivity (Wildman–Crippen MR) is 164 cm³/mol. The Bertz CT molecular complexity index is 1460. The molecule has 0 bridgehead atoms. The number of aliphatic carboxylic acids is 3. The van der Waals surface area contributed by atoms with Crippen LogP contribution >= 0.6 is 0 Å². The smallest absolute Gasteiger partial charge is 0.481 e. The fraction of sp³-hybridized carbons (Fsp3) is 0.312. The van der Waals surface area contributed by atoms with Gasteiger partial charge in [-0.05, 0) is 48.1 Å². The van der Waals surface area contributed by atoms with Crippen molar-refractivity contribution in [1.29, 1.82) is 0 Å². The van der Waals surface area contributed by atoms with E-state index in [1.165, 1.54) is 0 Å². The quantitative estimate of drug-likeness (QED) is 0.118. The monoisotopic (exact) mass is 660 g/mol. The Labute approximate surface area is 268 Å². The number of carbonyl (C=O) groups excluding carboxylic acids is 2. The fourth-order valence-corrected chi connectivity index (χ4v) is 4.14. The average Bonchev–Trinajstić information content (AvgIpc) is 3.03. The lowest BCUT2D eigenvalue weighted by Gasteiger charge is -2.23. The average molecular weight is 661 g/mol. The second-order valence-corrected chi connectivity index (χ2v) is 10.1. The highest BCUT2D eigenvalue weighted by Crippen LogP contribution is 2.24. The summed E-state index contributed by atoms with van der Waals surface area (Å²) >= 11 is 0. The van der Waals surface area contributed by atoms with Gasteiger partial charge in [0, 0.05) is 25.6 Å². The molecule has 0 aliphatic rings. The summed E-state index contributed by atoms with van der Waals surface area (Å²) in [6.07, 6.45) is -2.84. The molecule has 0 saturated heterocycles. The van der Waals surface area contributed by atoms with Gasteiger partial charge in [-0.3, -0.25) is 19.2 Å². The van der Waals surface area contributed by atoms with E-state index in [0.29, 0.717) is 24.9 Å². The van der Waals surface area contributed by atoms with Gasteiger partial charge in [0.05, 0.1) is 12.5 Å². The summed E-state index contributed by atoms with van der Waals surface area (Å²) in [4.78, 5) is 61.5. The van der Waals surface area contributed by atoms with Crippen LogP contribution in [0.1, 0.15) is 50.1 Å². The van der Waals surface area contributed by atoms with Crippen molar-refractivity contribution in [3.05, 3.63) is 84.6 Å². The van der Waals surface area contributed by atoms with E-state index in [1.54, 1.807) is 18.3 Å². The summed E-state index contributed by atoms with van der Waals surface area (Å²) in [5, 5.41) is 34.2. The van der Waals surface area contributed by atoms with E-state index >= 15 is 0 Å². The molecule has 47 heavy (non-hydrogen) atoms. The zero-order valence-corrected chi connectivity index (χ0v) is 25.1. The number of carboxylic acid groups (broad SMARTS) is 3. The molecule has 0 saturated carbocycles. The van der Waals surface area contributed by atoms with Crippen LogP contribution in [0.2, 0.25) is 0 Å². The second-order valence-electron chi connectivity index (χ2n) is 10.1. The largest absolute Gasteiger partial charge is 0.490 e. The van der Waals surface area contributed by atoms with Gasteiger partial charge in [0.2, 0.25) is 11.8 Å². The summed E-state index contributed by atoms with van der Waals surface area (Å²) in [7, 11) is 0. The lowest BCUT2D eigenvalue weighted by Crippen LogP contribution is -2.48. The molecule has 6 N–H and O–H groups in total. The first-order chi connectivity index (χ1) is 22.3. The van der Waals surface area contributed by atoms with Gasteiger partial charge in [-0.2, -0.15) is 13.2 Å². The van der Waals surface area contributed by atoms with E-state index in [-0.39, 0.29) is 31.6 Å². The number of alkyl halides is 3. The predicted octanol–water partition coefficient (Wildman–Crippen LogP) is 4.65. The second kappa shape index (κ2) is 19.1. The normalized spacial score (nSPS) is 12.0. The molecule has 0 radical (unpaired) electrons. The number of anilines is 1. The molecule has 15 heteroatoms. The molecule has 0 spiro atoms. The standard InChI is InChI=1S/C30H34N4O6.C2HF3O2/c35-27(11-5-7-19-32-26-10-4-6-18-31-26)33-24(16-17-28(36)37)30(40)34-25(20-29(38)39)23-14-12-22(13-15-23)21-8-2-1-3-9-21;3-2(4,5)1(6)7/h1-4,6,8-10,12-15,18,24-25H,5,7,11,16-17,19-20H2,(H,31,32)(H,33,35)(H,34,40)(H,36,37)(H,38,39);(H,6,7)/t24-,25?;/m0./s1. The summed E-state index contributed by atoms with van der Waals surface area (Å²) in [6.45, 7) is 0.618. The molecule has 1 aromatic heterocycles. The Morgan fingerprint density at radius 3 is 1.91 bits per heavy atom. The molecule has 0 aliphatic carbocycles. The van der Waals surface area contributed by atoms with Gasteiger partial charge in [0.15, 0.2) is 0 Å². The number of benzene rings is 2. The third kappa shape index (κ3) is 14.9. The zero-order valence-electron chi connectivity index (χ0n) is 25.1. The molecule has 2 aromatic carbocycles. The van der Waals surface area contributed by atoms with Crippen molar-refractivity contribution in [1.82, 2.24) is 15.6 Å². The molecular weight excluding hydrogens is 625 g/mol. The van der Waals surface area contributed by atoms with Crippen molar-refractivity contribution in [3.8, 4) is 11.1 Å². The highest BCUT2D eigenvalue weighted by molar-refractivity contribution is 5.88. The number of hydrogen-bond acceptors (Lipinski definition) is 7. The van der Waals surface area contributed by atoms with Crippen molar-refractivity contribution >= 4 is 35.5 Å². The molecule has 2 amide bonds. The first-order valence-corrected chi connectivity index (χ1v) is 14.4. The number of carbonyl (C=O) groups is 5. The van der Waals surface area contributed by atoms with Crippen LogP contribution in [0.4, 0.5) is 19.0 Å². The van der Waals surface area contributed by atoms with Crippen LogP contribution in [0.3, 0.4) is 0 Å². The fourth-order valence-electron chi connectivity index (χ4n) is 4.14. The van der Waals surface area contributed by atoms with Crippen molar-refractivity contribution < 1.29 is 52.5 Å². The molecule has 3 aromatic rings. The van der Waals surface area contributed by atoms with Crippen LogP contribution in [0, 0.1) is 0 Å². The Morgan fingerprint density at radius 2 is 1.36 bits per heavy atom. The Kier molecular flexibility index (Phi) is 15.4. The molecule has 1 heterocycles. The SMILES string of the molecule is O=C(O)C(F)(F)F.O=C(O)CC[C@H](NC(=O)CCCCNc1ccccn1)C(=O)NC(CC(=O)O)c1ccc(-c2ccccc2)cc1. The highest BCUT2D eigenvalue weighted by Gasteiger charge is 2.38. The number of unbranched alkanes of at least 4 members (excludes halogenated alkanes) is 1.